The second-order valence-corrected chi connectivity index (χ2v) is 5.39. The maximum absolute atomic E-state index is 4.04. The van der Waals surface area contributed by atoms with Crippen LogP contribution in [0.4, 0.5) is 5.95 Å². The van der Waals surface area contributed by atoms with Gasteiger partial charge < -0.3 is 5.32 Å². The quantitative estimate of drug-likeness (QED) is 0.687. The lowest BCUT2D eigenvalue weighted by Crippen LogP contribution is -2.28. The van der Waals surface area contributed by atoms with Gasteiger partial charge in [0.15, 0.2) is 0 Å². The highest BCUT2D eigenvalue weighted by atomic mass is 15.6. The summed E-state index contributed by atoms with van der Waals surface area (Å²) in [5.74, 6) is 1.38. The molecule has 0 saturated carbocycles. The van der Waals surface area contributed by atoms with Gasteiger partial charge >= 0.3 is 0 Å². The van der Waals surface area contributed by atoms with Crippen LogP contribution in [0.1, 0.15) is 19.8 Å². The van der Waals surface area contributed by atoms with Crippen LogP contribution >= 0.6 is 0 Å². The monoisotopic (exact) mass is 287 g/mol. The Labute approximate surface area is 124 Å². The van der Waals surface area contributed by atoms with E-state index in [1.807, 2.05) is 30.3 Å². The van der Waals surface area contributed by atoms with Crippen molar-refractivity contribution in [3.63, 3.8) is 0 Å². The molecule has 2 unspecified atom stereocenters. The third-order valence-corrected chi connectivity index (χ3v) is 3.91. The fourth-order valence-electron chi connectivity index (χ4n) is 2.60. The first-order valence-electron chi connectivity index (χ1n) is 7.40. The Morgan fingerprint density at radius 3 is 2.95 bits per heavy atom. The summed E-state index contributed by atoms with van der Waals surface area (Å²) in [6.45, 7) is 4.13. The van der Waals surface area contributed by atoms with Crippen LogP contribution in [-0.2, 0) is 0 Å². The van der Waals surface area contributed by atoms with Crippen molar-refractivity contribution in [2.45, 2.75) is 25.8 Å². The van der Waals surface area contributed by atoms with E-state index in [0.29, 0.717) is 17.9 Å². The Morgan fingerprint density at radius 1 is 1.33 bits per heavy atom. The van der Waals surface area contributed by atoms with E-state index >= 15 is 0 Å². The van der Waals surface area contributed by atoms with Crippen molar-refractivity contribution in [2.24, 2.45) is 5.92 Å². The lowest BCUT2D eigenvalue weighted by atomic mass is 9.98. The van der Waals surface area contributed by atoms with Crippen LogP contribution in [0, 0.1) is 5.92 Å². The van der Waals surface area contributed by atoms with Gasteiger partial charge in [-0.1, -0.05) is 23.3 Å². The summed E-state index contributed by atoms with van der Waals surface area (Å²) in [5.41, 5.74) is 7.41. The third kappa shape index (κ3) is 3.37. The molecule has 7 heteroatoms. The molecule has 1 aliphatic heterocycles. The van der Waals surface area contributed by atoms with Crippen molar-refractivity contribution in [2.75, 3.05) is 18.4 Å². The molecule has 1 aromatic carbocycles. The second kappa shape index (κ2) is 6.64. The Bertz CT molecular complexity index is 553. The molecule has 1 fully saturated rings. The van der Waals surface area contributed by atoms with E-state index in [9.17, 15) is 0 Å². The summed E-state index contributed by atoms with van der Waals surface area (Å²) >= 11 is 0. The molecule has 21 heavy (non-hydrogen) atoms. The minimum atomic E-state index is 0.541. The molecular formula is C14H21N7. The number of hydrogen-bond acceptors (Lipinski definition) is 6. The van der Waals surface area contributed by atoms with E-state index in [1.54, 1.807) is 4.68 Å². The topological polar surface area (TPSA) is 79.7 Å². The molecule has 0 aliphatic carbocycles. The summed E-state index contributed by atoms with van der Waals surface area (Å²) in [4.78, 5) is 0. The number of benzene rings is 1. The Hall–Kier alpha value is -1.99. The summed E-state index contributed by atoms with van der Waals surface area (Å²) in [5, 5.41) is 15.1. The van der Waals surface area contributed by atoms with E-state index in [0.717, 1.165) is 25.2 Å². The Balaban J connectivity index is 1.51. The molecule has 3 N–H and O–H groups in total. The standard InChI is InChI=1S/C14H21N7/c1-11-12(10-16-17-11)6-5-9-15-14-18-19-20-21(14)13-7-3-2-4-8-13/h2-4,7-8,11-12,16-17H,5-6,9-10H2,1H3,(H,15,18,20). The Kier molecular flexibility index (Phi) is 4.42. The molecule has 0 amide bonds. The number of nitrogens with one attached hydrogen (secondary N) is 3. The molecule has 2 atom stereocenters. The van der Waals surface area contributed by atoms with Crippen molar-refractivity contribution >= 4 is 5.95 Å². The SMILES string of the molecule is CC1NNCC1CCCNc1nnnn1-c1ccccc1. The molecule has 7 nitrogen and oxygen atoms in total. The van der Waals surface area contributed by atoms with E-state index in [1.165, 1.54) is 6.42 Å². The normalized spacial score (nSPS) is 21.6. The number of tetrazole rings is 1. The summed E-state index contributed by atoms with van der Waals surface area (Å²) in [6, 6.07) is 10.4. The number of anilines is 1. The molecule has 1 aromatic heterocycles. The van der Waals surface area contributed by atoms with Crippen LogP contribution in [0.3, 0.4) is 0 Å². The molecule has 0 bridgehead atoms. The van der Waals surface area contributed by atoms with Gasteiger partial charge in [-0.25, -0.2) is 0 Å². The number of hydrogen-bond donors (Lipinski definition) is 3. The van der Waals surface area contributed by atoms with Crippen molar-refractivity contribution in [3.05, 3.63) is 30.3 Å². The maximum Gasteiger partial charge on any atom is 0.247 e. The van der Waals surface area contributed by atoms with Gasteiger partial charge in [0.05, 0.1) is 5.69 Å². The smallest absolute Gasteiger partial charge is 0.247 e. The van der Waals surface area contributed by atoms with Gasteiger partial charge in [-0.15, -0.1) is 0 Å². The van der Waals surface area contributed by atoms with Crippen molar-refractivity contribution < 1.29 is 0 Å². The number of para-hydroxylation sites is 1. The van der Waals surface area contributed by atoms with Gasteiger partial charge in [0, 0.05) is 19.1 Å². The van der Waals surface area contributed by atoms with Crippen LogP contribution in [0.25, 0.3) is 5.69 Å². The first-order valence-corrected chi connectivity index (χ1v) is 7.40. The Morgan fingerprint density at radius 2 is 2.19 bits per heavy atom. The van der Waals surface area contributed by atoms with Gasteiger partial charge in [0.25, 0.3) is 0 Å². The number of nitrogens with zero attached hydrogens (tertiary/aromatic N) is 4. The van der Waals surface area contributed by atoms with Gasteiger partial charge in [-0.05, 0) is 48.2 Å². The van der Waals surface area contributed by atoms with E-state index in [-0.39, 0.29) is 0 Å². The molecule has 112 valence electrons. The van der Waals surface area contributed by atoms with Gasteiger partial charge in [0.2, 0.25) is 5.95 Å². The van der Waals surface area contributed by atoms with Gasteiger partial charge in [-0.3, -0.25) is 10.9 Å². The number of aromatic nitrogens is 4. The number of rotatable bonds is 6. The first-order chi connectivity index (χ1) is 10.3. The van der Waals surface area contributed by atoms with Crippen LogP contribution in [0.5, 0.6) is 0 Å². The van der Waals surface area contributed by atoms with Crippen molar-refractivity contribution in [1.82, 2.24) is 31.1 Å². The van der Waals surface area contributed by atoms with Crippen molar-refractivity contribution in [3.8, 4) is 5.69 Å². The van der Waals surface area contributed by atoms with E-state index in [2.05, 4.69) is 38.6 Å². The van der Waals surface area contributed by atoms with Crippen LogP contribution in [-0.4, -0.2) is 39.3 Å². The fraction of sp³-hybridized carbons (Fsp3) is 0.500. The zero-order valence-corrected chi connectivity index (χ0v) is 12.2. The third-order valence-electron chi connectivity index (χ3n) is 3.91. The fourth-order valence-corrected chi connectivity index (χ4v) is 2.60. The second-order valence-electron chi connectivity index (χ2n) is 5.39. The highest BCUT2D eigenvalue weighted by Gasteiger charge is 2.21. The van der Waals surface area contributed by atoms with Crippen LogP contribution in [0.2, 0.25) is 0 Å². The van der Waals surface area contributed by atoms with Crippen LogP contribution < -0.4 is 16.2 Å². The summed E-state index contributed by atoms with van der Waals surface area (Å²) in [6.07, 6.45) is 2.28. The molecule has 2 heterocycles. The van der Waals surface area contributed by atoms with Crippen LogP contribution in [0.15, 0.2) is 30.3 Å². The lowest BCUT2D eigenvalue weighted by molar-refractivity contribution is 0.451. The summed E-state index contributed by atoms with van der Waals surface area (Å²) in [7, 11) is 0. The van der Waals surface area contributed by atoms with Gasteiger partial charge in [-0.2, -0.15) is 4.68 Å². The molecule has 1 saturated heterocycles. The molecule has 0 spiro atoms. The molecule has 3 rings (SSSR count). The van der Waals surface area contributed by atoms with E-state index in [4.69, 9.17) is 0 Å². The molecule has 0 radical (unpaired) electrons. The first kappa shape index (κ1) is 14.0. The predicted molar refractivity (Wildman–Crippen MR) is 81.0 cm³/mol. The largest absolute Gasteiger partial charge is 0.353 e. The average molecular weight is 287 g/mol. The number of hydrazine groups is 1. The maximum atomic E-state index is 4.04. The average Bonchev–Trinajstić information content (AvgIpc) is 3.14. The molecule has 2 aromatic rings. The van der Waals surface area contributed by atoms with E-state index < -0.39 is 0 Å². The summed E-state index contributed by atoms with van der Waals surface area (Å²) < 4.78 is 1.72. The molecular weight excluding hydrogens is 266 g/mol. The minimum Gasteiger partial charge on any atom is -0.353 e. The molecule has 1 aliphatic rings. The highest BCUT2D eigenvalue weighted by Crippen LogP contribution is 2.15. The lowest BCUT2D eigenvalue weighted by Gasteiger charge is -2.13. The van der Waals surface area contributed by atoms with Crippen molar-refractivity contribution in [1.29, 1.82) is 0 Å². The van der Waals surface area contributed by atoms with Gasteiger partial charge in [0.1, 0.15) is 0 Å². The minimum absolute atomic E-state index is 0.541. The highest BCUT2D eigenvalue weighted by molar-refractivity contribution is 5.38. The zero-order chi connectivity index (χ0) is 14.5. The zero-order valence-electron chi connectivity index (χ0n) is 12.2. The predicted octanol–water partition coefficient (Wildman–Crippen LogP) is 0.967.